The Morgan fingerprint density at radius 2 is 1.47 bits per heavy atom. The summed E-state index contributed by atoms with van der Waals surface area (Å²) in [5.41, 5.74) is 0. The Labute approximate surface area is 107 Å². The topological polar surface area (TPSA) is 27.7 Å². The Morgan fingerprint density at radius 1 is 0.882 bits per heavy atom. The van der Waals surface area contributed by atoms with Crippen LogP contribution in [0, 0.1) is 5.92 Å². The van der Waals surface area contributed by atoms with Crippen molar-refractivity contribution in [2.45, 2.75) is 57.4 Å². The molecule has 1 aliphatic carbocycles. The van der Waals surface area contributed by atoms with Crippen LogP contribution in [0.5, 0.6) is 0 Å². The van der Waals surface area contributed by atoms with Crippen LogP contribution in [-0.4, -0.2) is 30.1 Å². The van der Waals surface area contributed by atoms with E-state index in [9.17, 15) is 0 Å². The second-order valence-electron chi connectivity index (χ2n) is 5.05. The van der Waals surface area contributed by atoms with Gasteiger partial charge in [-0.1, -0.05) is 44.9 Å². The quantitative estimate of drug-likeness (QED) is 0.493. The molecule has 0 heterocycles. The summed E-state index contributed by atoms with van der Waals surface area (Å²) < 4.78 is 16.3. The van der Waals surface area contributed by atoms with Crippen LogP contribution in [-0.2, 0) is 13.3 Å². The van der Waals surface area contributed by atoms with Crippen LogP contribution in [0.4, 0.5) is 0 Å². The molecule has 1 rings (SSSR count). The molecule has 0 saturated heterocycles. The Bertz CT molecular complexity index is 181. The summed E-state index contributed by atoms with van der Waals surface area (Å²) in [6, 6.07) is 0.948. The van der Waals surface area contributed by atoms with E-state index in [1.54, 1.807) is 21.3 Å². The third-order valence-electron chi connectivity index (χ3n) is 4.00. The lowest BCUT2D eigenvalue weighted by molar-refractivity contribution is 0.122. The molecule has 3 nitrogen and oxygen atoms in total. The number of hydrogen-bond acceptors (Lipinski definition) is 3. The molecule has 17 heavy (non-hydrogen) atoms. The highest BCUT2D eigenvalue weighted by atomic mass is 28.4. The van der Waals surface area contributed by atoms with E-state index in [0.29, 0.717) is 0 Å². The average molecular weight is 260 g/mol. The van der Waals surface area contributed by atoms with Crippen molar-refractivity contribution >= 4 is 8.80 Å². The molecule has 0 aromatic carbocycles. The average Bonchev–Trinajstić information content (AvgIpc) is 2.41. The van der Waals surface area contributed by atoms with E-state index in [0.717, 1.165) is 18.4 Å². The highest BCUT2D eigenvalue weighted by molar-refractivity contribution is 6.60. The summed E-state index contributed by atoms with van der Waals surface area (Å²) in [5, 5.41) is 0. The first-order valence-corrected chi connectivity index (χ1v) is 8.85. The molecule has 0 atom stereocenters. The van der Waals surface area contributed by atoms with Gasteiger partial charge in [-0.15, -0.1) is 0 Å². The third kappa shape index (κ3) is 5.08. The van der Waals surface area contributed by atoms with Gasteiger partial charge in [-0.2, -0.15) is 0 Å². The van der Waals surface area contributed by atoms with Gasteiger partial charge in [0.15, 0.2) is 0 Å². The first-order chi connectivity index (χ1) is 8.26. The van der Waals surface area contributed by atoms with Crippen LogP contribution in [0.15, 0.2) is 0 Å². The lowest BCUT2D eigenvalue weighted by atomic mass is 9.86. The predicted octanol–water partition coefficient (Wildman–Crippen LogP) is 3.62. The Hall–Kier alpha value is 0.0969. The van der Waals surface area contributed by atoms with E-state index in [4.69, 9.17) is 13.3 Å². The number of unbranched alkanes of at least 4 members (excludes halogenated alkanes) is 1. The van der Waals surface area contributed by atoms with E-state index in [1.807, 2.05) is 0 Å². The molecule has 0 aliphatic heterocycles. The smallest absolute Gasteiger partial charge is 0.377 e. The van der Waals surface area contributed by atoms with Crippen LogP contribution >= 0.6 is 0 Å². The molecule has 4 heteroatoms. The molecule has 0 radical (unpaired) electrons. The standard InChI is InChI=1S/C13H28O3Si/c1-14-17(15-2,16-3)12-8-7-11-13-9-5-4-6-10-13/h13H,4-12H2,1-3H3. The van der Waals surface area contributed by atoms with Crippen molar-refractivity contribution < 1.29 is 13.3 Å². The summed E-state index contributed by atoms with van der Waals surface area (Å²) in [6.45, 7) is 0. The molecule has 0 amide bonds. The maximum atomic E-state index is 5.42. The van der Waals surface area contributed by atoms with Gasteiger partial charge in [-0.25, -0.2) is 0 Å². The van der Waals surface area contributed by atoms with Gasteiger partial charge in [0, 0.05) is 27.4 Å². The lowest BCUT2D eigenvalue weighted by Gasteiger charge is -2.25. The minimum absolute atomic E-state index is 0.948. The van der Waals surface area contributed by atoms with Gasteiger partial charge in [0.2, 0.25) is 0 Å². The summed E-state index contributed by atoms with van der Waals surface area (Å²) in [6.07, 6.45) is 11.1. The molecule has 1 aliphatic rings. The number of rotatable bonds is 8. The van der Waals surface area contributed by atoms with E-state index < -0.39 is 8.80 Å². The fraction of sp³-hybridized carbons (Fsp3) is 1.00. The van der Waals surface area contributed by atoms with Crippen molar-refractivity contribution in [1.82, 2.24) is 0 Å². The molecule has 0 bridgehead atoms. The maximum Gasteiger partial charge on any atom is 0.500 e. The van der Waals surface area contributed by atoms with Crippen LogP contribution in [0.2, 0.25) is 6.04 Å². The summed E-state index contributed by atoms with van der Waals surface area (Å²) in [7, 11) is 2.78. The van der Waals surface area contributed by atoms with Gasteiger partial charge in [0.25, 0.3) is 0 Å². The first-order valence-electron chi connectivity index (χ1n) is 6.92. The molecular formula is C13H28O3Si. The van der Waals surface area contributed by atoms with Crippen LogP contribution in [0.25, 0.3) is 0 Å². The molecule has 0 aromatic heterocycles. The Balaban J connectivity index is 2.13. The Morgan fingerprint density at radius 3 is 2.00 bits per heavy atom. The Kier molecular flexibility index (Phi) is 7.35. The SMILES string of the molecule is CO[Si](CCCCC1CCCCC1)(OC)OC. The summed E-state index contributed by atoms with van der Waals surface area (Å²) in [5.74, 6) is 0.979. The maximum absolute atomic E-state index is 5.42. The van der Waals surface area contributed by atoms with Crippen LogP contribution in [0.1, 0.15) is 51.4 Å². The molecule has 1 fully saturated rings. The molecule has 1 saturated carbocycles. The molecule has 0 aromatic rings. The molecule has 0 spiro atoms. The number of hydrogen-bond donors (Lipinski definition) is 0. The fourth-order valence-electron chi connectivity index (χ4n) is 2.81. The zero-order chi connectivity index (χ0) is 12.6. The first kappa shape index (κ1) is 15.2. The highest BCUT2D eigenvalue weighted by Crippen LogP contribution is 2.28. The summed E-state index contributed by atoms with van der Waals surface area (Å²) in [4.78, 5) is 0. The molecule has 102 valence electrons. The van der Waals surface area contributed by atoms with Gasteiger partial charge in [0.05, 0.1) is 0 Å². The van der Waals surface area contributed by atoms with E-state index >= 15 is 0 Å². The molecule has 0 unspecified atom stereocenters. The van der Waals surface area contributed by atoms with Crippen molar-refractivity contribution in [2.75, 3.05) is 21.3 Å². The van der Waals surface area contributed by atoms with Crippen molar-refractivity contribution in [1.29, 1.82) is 0 Å². The van der Waals surface area contributed by atoms with Gasteiger partial charge in [-0.3, -0.25) is 0 Å². The normalized spacial score (nSPS) is 18.5. The summed E-state index contributed by atoms with van der Waals surface area (Å²) >= 11 is 0. The van der Waals surface area contributed by atoms with Gasteiger partial charge in [0.1, 0.15) is 0 Å². The van der Waals surface area contributed by atoms with Crippen LogP contribution < -0.4 is 0 Å². The van der Waals surface area contributed by atoms with Crippen molar-refractivity contribution in [3.63, 3.8) is 0 Å². The van der Waals surface area contributed by atoms with E-state index in [2.05, 4.69) is 0 Å². The fourth-order valence-corrected chi connectivity index (χ4v) is 4.60. The van der Waals surface area contributed by atoms with E-state index in [-0.39, 0.29) is 0 Å². The third-order valence-corrected chi connectivity index (χ3v) is 6.84. The minimum Gasteiger partial charge on any atom is -0.377 e. The lowest BCUT2D eigenvalue weighted by Crippen LogP contribution is -2.42. The van der Waals surface area contributed by atoms with Crippen molar-refractivity contribution in [3.8, 4) is 0 Å². The predicted molar refractivity (Wildman–Crippen MR) is 72.0 cm³/mol. The highest BCUT2D eigenvalue weighted by Gasteiger charge is 2.36. The van der Waals surface area contributed by atoms with Gasteiger partial charge in [-0.05, 0) is 12.3 Å². The van der Waals surface area contributed by atoms with Gasteiger partial charge < -0.3 is 13.3 Å². The second-order valence-corrected chi connectivity index (χ2v) is 8.14. The minimum atomic E-state index is -2.30. The van der Waals surface area contributed by atoms with Gasteiger partial charge >= 0.3 is 8.80 Å². The largest absolute Gasteiger partial charge is 0.500 e. The van der Waals surface area contributed by atoms with Crippen molar-refractivity contribution in [2.24, 2.45) is 5.92 Å². The molecular weight excluding hydrogens is 232 g/mol. The second kappa shape index (κ2) is 8.24. The van der Waals surface area contributed by atoms with Crippen molar-refractivity contribution in [3.05, 3.63) is 0 Å². The monoisotopic (exact) mass is 260 g/mol. The van der Waals surface area contributed by atoms with Crippen LogP contribution in [0.3, 0.4) is 0 Å². The zero-order valence-corrected chi connectivity index (χ0v) is 12.7. The van der Waals surface area contributed by atoms with E-state index in [1.165, 1.54) is 44.9 Å². The molecule has 0 N–H and O–H groups in total. The zero-order valence-electron chi connectivity index (χ0n) is 11.7.